The number of anilines is 1. The number of aromatic nitrogens is 1. The van der Waals surface area contributed by atoms with Crippen LogP contribution in [0.4, 0.5) is 11.5 Å². The number of hydrogen-bond donors (Lipinski definition) is 2. The number of nitro groups is 1. The topological polar surface area (TPSA) is 97.2 Å². The monoisotopic (exact) mass is 272 g/mol. The second-order valence-corrected chi connectivity index (χ2v) is 3.85. The summed E-state index contributed by atoms with van der Waals surface area (Å²) in [6.07, 6.45) is 1.53. The maximum absolute atomic E-state index is 11.2. The quantitative estimate of drug-likeness (QED) is 0.605. The molecule has 1 heterocycles. The van der Waals surface area contributed by atoms with Gasteiger partial charge in [0.1, 0.15) is 0 Å². The summed E-state index contributed by atoms with van der Waals surface area (Å²) in [5.74, 6) is -0.0182. The summed E-state index contributed by atoms with van der Waals surface area (Å²) in [6.45, 7) is 2.64. The zero-order chi connectivity index (χ0) is 13.5. The van der Waals surface area contributed by atoms with Crippen LogP contribution in [0.3, 0.4) is 0 Å². The molecule has 0 spiro atoms. The van der Waals surface area contributed by atoms with E-state index in [4.69, 9.17) is 11.6 Å². The lowest BCUT2D eigenvalue weighted by molar-refractivity contribution is -0.384. The lowest BCUT2D eigenvalue weighted by Crippen LogP contribution is -2.25. The van der Waals surface area contributed by atoms with Crippen molar-refractivity contribution in [1.82, 2.24) is 10.3 Å². The van der Waals surface area contributed by atoms with E-state index < -0.39 is 4.92 Å². The molecule has 0 saturated carbocycles. The minimum absolute atomic E-state index is 0.105. The largest absolute Gasteiger partial charge is 0.364 e. The van der Waals surface area contributed by atoms with E-state index in [0.717, 1.165) is 0 Å². The molecule has 7 nitrogen and oxygen atoms in total. The summed E-state index contributed by atoms with van der Waals surface area (Å²) in [5.41, 5.74) is -0.210. The van der Waals surface area contributed by atoms with E-state index in [9.17, 15) is 14.9 Å². The first-order valence-electron chi connectivity index (χ1n) is 5.35. The standard InChI is InChI=1S/C10H13ClN4O3/c1-2-12-9(16)3-4-13-10-8(15(17)18)5-7(11)6-14-10/h5-6H,2-4H2,1H3,(H,12,16)(H,13,14). The van der Waals surface area contributed by atoms with Crippen molar-refractivity contribution in [3.8, 4) is 0 Å². The zero-order valence-corrected chi connectivity index (χ0v) is 10.5. The van der Waals surface area contributed by atoms with Crippen LogP contribution in [0.15, 0.2) is 12.3 Å². The second-order valence-electron chi connectivity index (χ2n) is 3.41. The molecule has 18 heavy (non-hydrogen) atoms. The van der Waals surface area contributed by atoms with Crippen LogP contribution in [-0.4, -0.2) is 28.9 Å². The highest BCUT2D eigenvalue weighted by molar-refractivity contribution is 6.30. The summed E-state index contributed by atoms with van der Waals surface area (Å²) in [6, 6.07) is 1.21. The van der Waals surface area contributed by atoms with Gasteiger partial charge in [-0.05, 0) is 6.92 Å². The maximum Gasteiger partial charge on any atom is 0.312 e. The Bertz CT molecular complexity index is 453. The number of nitrogens with zero attached hydrogens (tertiary/aromatic N) is 2. The molecule has 2 N–H and O–H groups in total. The molecule has 0 radical (unpaired) electrons. The van der Waals surface area contributed by atoms with Crippen LogP contribution in [0.1, 0.15) is 13.3 Å². The lowest BCUT2D eigenvalue weighted by atomic mass is 10.3. The lowest BCUT2D eigenvalue weighted by Gasteiger charge is -2.06. The fourth-order valence-electron chi connectivity index (χ4n) is 1.28. The molecule has 0 aromatic carbocycles. The summed E-state index contributed by atoms with van der Waals surface area (Å²) < 4.78 is 0. The molecule has 98 valence electrons. The van der Waals surface area contributed by atoms with Gasteiger partial charge in [-0.25, -0.2) is 4.98 Å². The molecular formula is C10H13ClN4O3. The van der Waals surface area contributed by atoms with E-state index in [1.165, 1.54) is 12.3 Å². The summed E-state index contributed by atoms with van der Waals surface area (Å²) >= 11 is 5.63. The number of rotatable bonds is 6. The molecule has 0 bridgehead atoms. The third kappa shape index (κ3) is 4.17. The predicted octanol–water partition coefficient (Wildman–Crippen LogP) is 1.58. The third-order valence-electron chi connectivity index (χ3n) is 2.05. The summed E-state index contributed by atoms with van der Waals surface area (Å²) in [7, 11) is 0. The minimum Gasteiger partial charge on any atom is -0.364 e. The van der Waals surface area contributed by atoms with Crippen LogP contribution < -0.4 is 10.6 Å². The van der Waals surface area contributed by atoms with Crippen LogP contribution >= 0.6 is 11.6 Å². The van der Waals surface area contributed by atoms with Gasteiger partial charge in [0.25, 0.3) is 0 Å². The Morgan fingerprint density at radius 1 is 1.61 bits per heavy atom. The Balaban J connectivity index is 2.62. The number of carbonyl (C=O) groups excluding carboxylic acids is 1. The van der Waals surface area contributed by atoms with Gasteiger partial charge < -0.3 is 10.6 Å². The Morgan fingerprint density at radius 3 is 2.94 bits per heavy atom. The molecule has 0 saturated heterocycles. The minimum atomic E-state index is -0.576. The number of hydrogen-bond acceptors (Lipinski definition) is 5. The molecule has 1 aromatic rings. The van der Waals surface area contributed by atoms with Crippen molar-refractivity contribution < 1.29 is 9.72 Å². The maximum atomic E-state index is 11.2. The van der Waals surface area contributed by atoms with E-state index >= 15 is 0 Å². The van der Waals surface area contributed by atoms with Gasteiger partial charge in [0.05, 0.1) is 9.95 Å². The average Bonchev–Trinajstić information content (AvgIpc) is 2.31. The number of pyridine rings is 1. The average molecular weight is 273 g/mol. The van der Waals surface area contributed by atoms with Gasteiger partial charge in [-0.15, -0.1) is 0 Å². The fraction of sp³-hybridized carbons (Fsp3) is 0.400. The van der Waals surface area contributed by atoms with E-state index in [0.29, 0.717) is 6.54 Å². The number of halogens is 1. The van der Waals surface area contributed by atoms with Crippen molar-refractivity contribution in [3.63, 3.8) is 0 Å². The SMILES string of the molecule is CCNC(=O)CCNc1ncc(Cl)cc1[N+](=O)[O-]. The van der Waals surface area contributed by atoms with E-state index in [1.54, 1.807) is 0 Å². The molecule has 0 aliphatic rings. The van der Waals surface area contributed by atoms with Gasteiger partial charge in [0.2, 0.25) is 11.7 Å². The molecule has 0 unspecified atom stereocenters. The Hall–Kier alpha value is -1.89. The van der Waals surface area contributed by atoms with Gasteiger partial charge in [-0.3, -0.25) is 14.9 Å². The predicted molar refractivity (Wildman–Crippen MR) is 67.7 cm³/mol. The summed E-state index contributed by atoms with van der Waals surface area (Å²) in [4.78, 5) is 25.2. The number of amides is 1. The second kappa shape index (κ2) is 6.75. The van der Waals surface area contributed by atoms with E-state index in [2.05, 4.69) is 15.6 Å². The van der Waals surface area contributed by atoms with Crippen LogP contribution in [0.2, 0.25) is 5.02 Å². The first-order valence-corrected chi connectivity index (χ1v) is 5.73. The van der Waals surface area contributed by atoms with Gasteiger partial charge in [-0.2, -0.15) is 0 Å². The first kappa shape index (κ1) is 14.2. The van der Waals surface area contributed by atoms with E-state index in [1.807, 2.05) is 6.92 Å². The molecule has 0 fully saturated rings. The van der Waals surface area contributed by atoms with Crippen LogP contribution in [0.25, 0.3) is 0 Å². The van der Waals surface area contributed by atoms with Crippen molar-refractivity contribution in [1.29, 1.82) is 0 Å². The first-order chi connectivity index (χ1) is 8.54. The Labute approximate surface area is 109 Å². The molecule has 1 rings (SSSR count). The summed E-state index contributed by atoms with van der Waals surface area (Å²) in [5, 5.41) is 16.3. The number of nitrogens with one attached hydrogen (secondary N) is 2. The molecular weight excluding hydrogens is 260 g/mol. The Kier molecular flexibility index (Phi) is 5.31. The van der Waals surface area contributed by atoms with Gasteiger partial charge >= 0.3 is 5.69 Å². The third-order valence-corrected chi connectivity index (χ3v) is 2.26. The molecule has 0 aliphatic heterocycles. The normalized spacial score (nSPS) is 9.89. The smallest absolute Gasteiger partial charge is 0.312 e. The zero-order valence-electron chi connectivity index (χ0n) is 9.77. The van der Waals surface area contributed by atoms with Gasteiger partial charge in [0, 0.05) is 31.8 Å². The van der Waals surface area contributed by atoms with Crippen molar-refractivity contribution in [2.45, 2.75) is 13.3 Å². The van der Waals surface area contributed by atoms with Crippen molar-refractivity contribution in [3.05, 3.63) is 27.4 Å². The molecule has 1 amide bonds. The molecule has 0 aliphatic carbocycles. The molecule has 8 heteroatoms. The van der Waals surface area contributed by atoms with Crippen molar-refractivity contribution >= 4 is 29.0 Å². The van der Waals surface area contributed by atoms with E-state index in [-0.39, 0.29) is 35.4 Å². The van der Waals surface area contributed by atoms with Crippen LogP contribution in [-0.2, 0) is 4.79 Å². The molecule has 0 atom stereocenters. The van der Waals surface area contributed by atoms with Crippen LogP contribution in [0, 0.1) is 10.1 Å². The van der Waals surface area contributed by atoms with Crippen molar-refractivity contribution in [2.75, 3.05) is 18.4 Å². The highest BCUT2D eigenvalue weighted by atomic mass is 35.5. The van der Waals surface area contributed by atoms with Crippen molar-refractivity contribution in [2.24, 2.45) is 0 Å². The Morgan fingerprint density at radius 2 is 2.33 bits per heavy atom. The highest BCUT2D eigenvalue weighted by Crippen LogP contribution is 2.24. The van der Waals surface area contributed by atoms with Gasteiger partial charge in [0.15, 0.2) is 0 Å². The van der Waals surface area contributed by atoms with Gasteiger partial charge in [-0.1, -0.05) is 11.6 Å². The number of carbonyl (C=O) groups is 1. The van der Waals surface area contributed by atoms with Crippen LogP contribution in [0.5, 0.6) is 0 Å². The highest BCUT2D eigenvalue weighted by Gasteiger charge is 2.15. The molecule has 1 aromatic heterocycles. The fourth-order valence-corrected chi connectivity index (χ4v) is 1.44.